The first-order chi connectivity index (χ1) is 11.5. The predicted octanol–water partition coefficient (Wildman–Crippen LogP) is 4.39. The third kappa shape index (κ3) is 2.66. The zero-order chi connectivity index (χ0) is 16.7. The van der Waals surface area contributed by atoms with Gasteiger partial charge in [0.15, 0.2) is 0 Å². The molecule has 3 nitrogen and oxygen atoms in total. The molecule has 1 aliphatic rings. The molecule has 0 aliphatic carbocycles. The molecule has 0 radical (unpaired) electrons. The third-order valence-electron chi connectivity index (χ3n) is 4.52. The van der Waals surface area contributed by atoms with Gasteiger partial charge in [-0.3, -0.25) is 4.31 Å². The second-order valence-electron chi connectivity index (χ2n) is 5.97. The summed E-state index contributed by atoms with van der Waals surface area (Å²) in [7, 11) is -3.37. The zero-order valence-electron chi connectivity index (χ0n) is 12.9. The number of fused-ring (bicyclic) bond motifs is 3. The first-order valence-electron chi connectivity index (χ1n) is 7.80. The van der Waals surface area contributed by atoms with Crippen LogP contribution >= 0.6 is 11.6 Å². The first kappa shape index (κ1) is 15.5. The van der Waals surface area contributed by atoms with E-state index < -0.39 is 10.0 Å². The molecular weight excluding hydrogens is 342 g/mol. The molecule has 0 amide bonds. The van der Waals surface area contributed by atoms with E-state index in [0.29, 0.717) is 23.7 Å². The van der Waals surface area contributed by atoms with Crippen molar-refractivity contribution < 1.29 is 8.42 Å². The molecule has 3 aromatic rings. The molecule has 0 bridgehead atoms. The number of benzene rings is 3. The van der Waals surface area contributed by atoms with Crippen molar-refractivity contribution >= 4 is 38.1 Å². The van der Waals surface area contributed by atoms with Crippen LogP contribution in [0.3, 0.4) is 0 Å². The highest BCUT2D eigenvalue weighted by Crippen LogP contribution is 2.31. The maximum absolute atomic E-state index is 12.8. The number of sulfonamides is 1. The number of anilines is 1. The maximum atomic E-state index is 12.8. The summed E-state index contributed by atoms with van der Waals surface area (Å²) >= 11 is 5.95. The van der Waals surface area contributed by atoms with Crippen molar-refractivity contribution in [3.8, 4) is 0 Å². The Hall–Kier alpha value is -2.04. The fraction of sp³-hybridized carbons (Fsp3) is 0.158. The van der Waals surface area contributed by atoms with Crippen LogP contribution in [0.4, 0.5) is 5.69 Å². The molecule has 0 spiro atoms. The SMILES string of the molecule is O=S1(=O)CCc2ccc3ccccc3c2CN1c1ccc(Cl)cc1. The van der Waals surface area contributed by atoms with Gasteiger partial charge >= 0.3 is 0 Å². The molecule has 5 heteroatoms. The minimum absolute atomic E-state index is 0.112. The van der Waals surface area contributed by atoms with Gasteiger partial charge in [-0.15, -0.1) is 0 Å². The summed E-state index contributed by atoms with van der Waals surface area (Å²) in [5.74, 6) is 0.112. The lowest BCUT2D eigenvalue weighted by Crippen LogP contribution is -2.31. The number of nitrogens with zero attached hydrogens (tertiary/aromatic N) is 1. The topological polar surface area (TPSA) is 37.4 Å². The molecule has 3 aromatic carbocycles. The van der Waals surface area contributed by atoms with Crippen molar-refractivity contribution in [2.24, 2.45) is 0 Å². The zero-order valence-corrected chi connectivity index (χ0v) is 14.5. The van der Waals surface area contributed by atoms with Crippen molar-refractivity contribution in [2.75, 3.05) is 10.1 Å². The Morgan fingerprint density at radius 3 is 2.46 bits per heavy atom. The summed E-state index contributed by atoms with van der Waals surface area (Å²) < 4.78 is 27.1. The average molecular weight is 358 g/mol. The number of aryl methyl sites for hydroxylation is 1. The van der Waals surface area contributed by atoms with Crippen LogP contribution in [0.25, 0.3) is 10.8 Å². The van der Waals surface area contributed by atoms with Crippen molar-refractivity contribution in [3.63, 3.8) is 0 Å². The Labute approximate surface area is 146 Å². The van der Waals surface area contributed by atoms with Crippen LogP contribution in [0, 0.1) is 0 Å². The summed E-state index contributed by atoms with van der Waals surface area (Å²) in [6, 6.07) is 19.2. The van der Waals surface area contributed by atoms with E-state index in [0.717, 1.165) is 21.9 Å². The normalized spacial score (nSPS) is 16.6. The van der Waals surface area contributed by atoms with Gasteiger partial charge in [0.05, 0.1) is 18.0 Å². The van der Waals surface area contributed by atoms with Gasteiger partial charge in [-0.2, -0.15) is 0 Å². The van der Waals surface area contributed by atoms with E-state index in [-0.39, 0.29) is 5.75 Å². The lowest BCUT2D eigenvalue weighted by Gasteiger charge is -2.23. The molecule has 24 heavy (non-hydrogen) atoms. The van der Waals surface area contributed by atoms with E-state index in [1.807, 2.05) is 12.1 Å². The third-order valence-corrected chi connectivity index (χ3v) is 6.50. The van der Waals surface area contributed by atoms with E-state index in [4.69, 9.17) is 11.6 Å². The number of hydrogen-bond acceptors (Lipinski definition) is 2. The van der Waals surface area contributed by atoms with Crippen LogP contribution in [0.5, 0.6) is 0 Å². The number of hydrogen-bond donors (Lipinski definition) is 0. The largest absolute Gasteiger partial charge is 0.266 e. The molecule has 122 valence electrons. The molecule has 1 heterocycles. The quantitative estimate of drug-likeness (QED) is 0.648. The Morgan fingerprint density at radius 1 is 0.917 bits per heavy atom. The highest BCUT2D eigenvalue weighted by molar-refractivity contribution is 7.92. The summed E-state index contributed by atoms with van der Waals surface area (Å²) in [5.41, 5.74) is 2.85. The van der Waals surface area contributed by atoms with E-state index >= 15 is 0 Å². The predicted molar refractivity (Wildman–Crippen MR) is 99.1 cm³/mol. The standard InChI is InChI=1S/C19H16ClNO2S/c20-16-7-9-17(10-8-16)21-13-19-15(11-12-24(21,22)23)6-5-14-3-1-2-4-18(14)19/h1-10H,11-13H2. The Morgan fingerprint density at radius 2 is 1.67 bits per heavy atom. The minimum Gasteiger partial charge on any atom is -0.266 e. The Kier molecular flexibility index (Phi) is 3.74. The van der Waals surface area contributed by atoms with E-state index in [9.17, 15) is 8.42 Å². The Bertz CT molecular complexity index is 1010. The van der Waals surface area contributed by atoms with Crippen molar-refractivity contribution in [3.05, 3.63) is 76.8 Å². The van der Waals surface area contributed by atoms with Gasteiger partial charge in [-0.25, -0.2) is 8.42 Å². The van der Waals surface area contributed by atoms with Crippen LogP contribution in [-0.4, -0.2) is 14.2 Å². The van der Waals surface area contributed by atoms with Gasteiger partial charge in [0, 0.05) is 5.02 Å². The molecular formula is C19H16ClNO2S. The van der Waals surface area contributed by atoms with E-state index in [1.165, 1.54) is 4.31 Å². The fourth-order valence-corrected chi connectivity index (χ4v) is 4.85. The second kappa shape index (κ2) is 5.80. The minimum atomic E-state index is -3.37. The molecule has 0 aromatic heterocycles. The van der Waals surface area contributed by atoms with E-state index in [2.05, 4.69) is 24.3 Å². The molecule has 0 fully saturated rings. The van der Waals surface area contributed by atoms with Crippen molar-refractivity contribution in [1.82, 2.24) is 0 Å². The molecule has 0 saturated heterocycles. The average Bonchev–Trinajstić information content (AvgIpc) is 2.72. The van der Waals surface area contributed by atoms with Gasteiger partial charge < -0.3 is 0 Å². The summed E-state index contributed by atoms with van der Waals surface area (Å²) in [4.78, 5) is 0. The van der Waals surface area contributed by atoms with Gasteiger partial charge in [-0.1, -0.05) is 48.0 Å². The molecule has 1 aliphatic heterocycles. The lowest BCUT2D eigenvalue weighted by molar-refractivity contribution is 0.591. The second-order valence-corrected chi connectivity index (χ2v) is 8.42. The van der Waals surface area contributed by atoms with Crippen molar-refractivity contribution in [2.45, 2.75) is 13.0 Å². The van der Waals surface area contributed by atoms with E-state index in [1.54, 1.807) is 24.3 Å². The first-order valence-corrected chi connectivity index (χ1v) is 9.79. The summed E-state index contributed by atoms with van der Waals surface area (Å²) in [6.07, 6.45) is 0.534. The van der Waals surface area contributed by atoms with Crippen LogP contribution < -0.4 is 4.31 Å². The number of halogens is 1. The Balaban J connectivity index is 1.89. The monoisotopic (exact) mass is 357 g/mol. The van der Waals surface area contributed by atoms with Gasteiger partial charge in [0.1, 0.15) is 0 Å². The molecule has 0 N–H and O–H groups in total. The summed E-state index contributed by atoms with van der Waals surface area (Å²) in [5, 5.41) is 2.84. The molecule has 0 atom stereocenters. The van der Waals surface area contributed by atoms with Crippen molar-refractivity contribution in [1.29, 1.82) is 0 Å². The molecule has 4 rings (SSSR count). The maximum Gasteiger partial charge on any atom is 0.235 e. The molecule has 0 unspecified atom stereocenters. The fourth-order valence-electron chi connectivity index (χ4n) is 3.25. The highest BCUT2D eigenvalue weighted by Gasteiger charge is 2.28. The van der Waals surface area contributed by atoms with Gasteiger partial charge in [0.25, 0.3) is 0 Å². The summed E-state index contributed by atoms with van der Waals surface area (Å²) in [6.45, 7) is 0.348. The van der Waals surface area contributed by atoms with Gasteiger partial charge in [-0.05, 0) is 52.6 Å². The molecule has 0 saturated carbocycles. The van der Waals surface area contributed by atoms with Crippen LogP contribution in [0.15, 0.2) is 60.7 Å². The van der Waals surface area contributed by atoms with Crippen LogP contribution in [0.1, 0.15) is 11.1 Å². The lowest BCUT2D eigenvalue weighted by atomic mass is 9.97. The highest BCUT2D eigenvalue weighted by atomic mass is 35.5. The van der Waals surface area contributed by atoms with Crippen LogP contribution in [-0.2, 0) is 23.0 Å². The number of rotatable bonds is 1. The van der Waals surface area contributed by atoms with Crippen LogP contribution in [0.2, 0.25) is 5.02 Å². The smallest absolute Gasteiger partial charge is 0.235 e. The van der Waals surface area contributed by atoms with Gasteiger partial charge in [0.2, 0.25) is 10.0 Å².